The summed E-state index contributed by atoms with van der Waals surface area (Å²) in [5, 5.41) is 7.35. The van der Waals surface area contributed by atoms with Crippen LogP contribution in [0.3, 0.4) is 0 Å². The van der Waals surface area contributed by atoms with Crippen molar-refractivity contribution in [2.24, 2.45) is 4.99 Å². The van der Waals surface area contributed by atoms with E-state index in [0.717, 1.165) is 19.0 Å². The third-order valence-corrected chi connectivity index (χ3v) is 4.50. The normalized spacial score (nSPS) is 12.3. The fourth-order valence-corrected chi connectivity index (χ4v) is 2.73. The number of hydrogen-bond acceptors (Lipinski definition) is 5. The molecule has 1 aromatic heterocycles. The quantitative estimate of drug-likeness (QED) is 0.472. The van der Waals surface area contributed by atoms with Crippen LogP contribution < -0.4 is 5.32 Å². The minimum absolute atomic E-state index is 0.154. The molecule has 0 spiro atoms. The molecule has 0 unspecified atom stereocenters. The lowest BCUT2D eigenvalue weighted by Crippen LogP contribution is -2.38. The van der Waals surface area contributed by atoms with Gasteiger partial charge in [0.05, 0.1) is 0 Å². The maximum Gasteiger partial charge on any atom is 0.232 e. The van der Waals surface area contributed by atoms with E-state index < -0.39 is 0 Å². The number of guanidine groups is 1. The van der Waals surface area contributed by atoms with Crippen LogP contribution in [0.5, 0.6) is 0 Å². The number of nitrogens with zero attached hydrogens (tertiary/aromatic N) is 4. The van der Waals surface area contributed by atoms with Crippen LogP contribution in [0.15, 0.2) is 38.7 Å². The molecule has 1 heterocycles. The molecule has 7 heteroatoms. The molecular formula is C19H29N5OS. The zero-order valence-electron chi connectivity index (χ0n) is 16.5. The molecule has 0 saturated heterocycles. The summed E-state index contributed by atoms with van der Waals surface area (Å²) in [4.78, 5) is 12.5. The highest BCUT2D eigenvalue weighted by molar-refractivity contribution is 7.98. The molecule has 26 heavy (non-hydrogen) atoms. The van der Waals surface area contributed by atoms with Crippen LogP contribution in [-0.4, -0.2) is 40.8 Å². The van der Waals surface area contributed by atoms with Gasteiger partial charge in [0.2, 0.25) is 5.89 Å². The van der Waals surface area contributed by atoms with E-state index >= 15 is 0 Å². The Hall–Kier alpha value is -2.02. The topological polar surface area (TPSA) is 66.5 Å². The first-order valence-corrected chi connectivity index (χ1v) is 10.0. The molecule has 0 atom stereocenters. The van der Waals surface area contributed by atoms with Crippen LogP contribution in [0, 0.1) is 0 Å². The largest absolute Gasteiger partial charge is 0.357 e. The van der Waals surface area contributed by atoms with E-state index in [4.69, 9.17) is 4.52 Å². The van der Waals surface area contributed by atoms with Gasteiger partial charge in [0.1, 0.15) is 6.54 Å². The fourth-order valence-electron chi connectivity index (χ4n) is 2.32. The highest BCUT2D eigenvalue weighted by Crippen LogP contribution is 2.20. The first kappa shape index (κ1) is 20.3. The Kier molecular flexibility index (Phi) is 7.08. The van der Waals surface area contributed by atoms with Crippen molar-refractivity contribution in [3.63, 3.8) is 0 Å². The summed E-state index contributed by atoms with van der Waals surface area (Å²) >= 11 is 1.75. The van der Waals surface area contributed by atoms with Crippen LogP contribution in [0.2, 0.25) is 0 Å². The predicted octanol–water partition coefficient (Wildman–Crippen LogP) is 3.69. The second-order valence-electron chi connectivity index (χ2n) is 7.14. The summed E-state index contributed by atoms with van der Waals surface area (Å²) in [6, 6.07) is 8.60. The van der Waals surface area contributed by atoms with Crippen molar-refractivity contribution in [1.82, 2.24) is 20.4 Å². The van der Waals surface area contributed by atoms with Gasteiger partial charge in [-0.2, -0.15) is 4.98 Å². The third-order valence-electron chi connectivity index (χ3n) is 3.76. The van der Waals surface area contributed by atoms with Crippen molar-refractivity contribution in [3.8, 4) is 0 Å². The summed E-state index contributed by atoms with van der Waals surface area (Å²) in [6.45, 7) is 10.2. The van der Waals surface area contributed by atoms with Crippen molar-refractivity contribution >= 4 is 17.7 Å². The molecule has 0 radical (unpaired) electrons. The standard InChI is InChI=1S/C19H29N5OS/c1-7-20-18(21-12-16-22-17(25-23-16)19(2,3)4)24(5)13-14-8-10-15(26-6)11-9-14/h8-11H,7,12-13H2,1-6H3,(H,20,21). The Morgan fingerprint density at radius 2 is 1.96 bits per heavy atom. The molecular weight excluding hydrogens is 346 g/mol. The number of benzene rings is 1. The van der Waals surface area contributed by atoms with Gasteiger partial charge in [-0.25, -0.2) is 4.99 Å². The van der Waals surface area contributed by atoms with Crippen molar-refractivity contribution < 1.29 is 4.52 Å². The predicted molar refractivity (Wildman–Crippen MR) is 108 cm³/mol. The van der Waals surface area contributed by atoms with Gasteiger partial charge in [-0.1, -0.05) is 38.1 Å². The molecule has 0 aliphatic rings. The number of aliphatic imine (C=N–C) groups is 1. The third kappa shape index (κ3) is 5.76. The monoisotopic (exact) mass is 375 g/mol. The summed E-state index contributed by atoms with van der Waals surface area (Å²) in [6.07, 6.45) is 2.08. The Balaban J connectivity index is 2.05. The van der Waals surface area contributed by atoms with Gasteiger partial charge in [-0.15, -0.1) is 11.8 Å². The molecule has 2 rings (SSSR count). The van der Waals surface area contributed by atoms with Gasteiger partial charge < -0.3 is 14.7 Å². The molecule has 0 saturated carbocycles. The summed E-state index contributed by atoms with van der Waals surface area (Å²) in [7, 11) is 2.03. The van der Waals surface area contributed by atoms with Gasteiger partial charge in [0, 0.05) is 30.4 Å². The van der Waals surface area contributed by atoms with Crippen molar-refractivity contribution in [3.05, 3.63) is 41.5 Å². The molecule has 0 amide bonds. The molecule has 0 aliphatic heterocycles. The van der Waals surface area contributed by atoms with Crippen LogP contribution in [0.4, 0.5) is 0 Å². The lowest BCUT2D eigenvalue weighted by atomic mass is 9.97. The van der Waals surface area contributed by atoms with Crippen LogP contribution in [0.25, 0.3) is 0 Å². The smallest absolute Gasteiger partial charge is 0.232 e. The Bertz CT molecular complexity index is 718. The highest BCUT2D eigenvalue weighted by atomic mass is 32.2. The average molecular weight is 376 g/mol. The molecule has 142 valence electrons. The molecule has 0 bridgehead atoms. The number of thioether (sulfide) groups is 1. The van der Waals surface area contributed by atoms with E-state index in [1.807, 2.05) is 27.8 Å². The van der Waals surface area contributed by atoms with Gasteiger partial charge in [-0.3, -0.25) is 0 Å². The SMILES string of the molecule is CCNC(=NCc1noc(C(C)(C)C)n1)N(C)Cc1ccc(SC)cc1. The molecule has 6 nitrogen and oxygen atoms in total. The molecule has 1 aromatic carbocycles. The van der Waals surface area contributed by atoms with E-state index in [0.29, 0.717) is 18.3 Å². The maximum atomic E-state index is 5.33. The molecule has 0 aliphatic carbocycles. The van der Waals surface area contributed by atoms with Crippen molar-refractivity contribution in [2.45, 2.75) is 51.1 Å². The van der Waals surface area contributed by atoms with Crippen molar-refractivity contribution in [2.75, 3.05) is 19.8 Å². The minimum Gasteiger partial charge on any atom is -0.357 e. The van der Waals surface area contributed by atoms with Gasteiger partial charge in [-0.05, 0) is 30.9 Å². The van der Waals surface area contributed by atoms with Crippen LogP contribution in [0.1, 0.15) is 45.0 Å². The maximum absolute atomic E-state index is 5.33. The van der Waals surface area contributed by atoms with Crippen LogP contribution in [-0.2, 0) is 18.5 Å². The van der Waals surface area contributed by atoms with Crippen LogP contribution >= 0.6 is 11.8 Å². The summed E-state index contributed by atoms with van der Waals surface area (Å²) in [5.74, 6) is 2.06. The Morgan fingerprint density at radius 3 is 2.50 bits per heavy atom. The first-order valence-electron chi connectivity index (χ1n) is 8.79. The lowest BCUT2D eigenvalue weighted by Gasteiger charge is -2.22. The second-order valence-corrected chi connectivity index (χ2v) is 8.02. The van der Waals surface area contributed by atoms with E-state index in [9.17, 15) is 0 Å². The average Bonchev–Trinajstić information content (AvgIpc) is 3.08. The van der Waals surface area contributed by atoms with E-state index in [1.165, 1.54) is 10.5 Å². The van der Waals surface area contributed by atoms with E-state index in [-0.39, 0.29) is 5.41 Å². The first-order chi connectivity index (χ1) is 12.3. The fraction of sp³-hybridized carbons (Fsp3) is 0.526. The zero-order chi connectivity index (χ0) is 19.2. The van der Waals surface area contributed by atoms with Crippen molar-refractivity contribution in [1.29, 1.82) is 0 Å². The molecule has 0 fully saturated rings. The molecule has 1 N–H and O–H groups in total. The Morgan fingerprint density at radius 1 is 1.27 bits per heavy atom. The van der Waals surface area contributed by atoms with Gasteiger partial charge >= 0.3 is 0 Å². The second kappa shape index (κ2) is 9.07. The summed E-state index contributed by atoms with van der Waals surface area (Å²) < 4.78 is 5.33. The van der Waals surface area contributed by atoms with Gasteiger partial charge in [0.15, 0.2) is 11.8 Å². The molecule has 2 aromatic rings. The number of rotatable bonds is 6. The summed E-state index contributed by atoms with van der Waals surface area (Å²) in [5.41, 5.74) is 1.09. The number of hydrogen-bond donors (Lipinski definition) is 1. The number of aromatic nitrogens is 2. The number of nitrogens with one attached hydrogen (secondary N) is 1. The van der Waals surface area contributed by atoms with E-state index in [1.54, 1.807) is 11.8 Å². The van der Waals surface area contributed by atoms with E-state index in [2.05, 4.69) is 62.8 Å². The van der Waals surface area contributed by atoms with Gasteiger partial charge in [0.25, 0.3) is 0 Å². The zero-order valence-corrected chi connectivity index (χ0v) is 17.4. The lowest BCUT2D eigenvalue weighted by molar-refractivity contribution is 0.318. The Labute approximate surface area is 160 Å². The highest BCUT2D eigenvalue weighted by Gasteiger charge is 2.21. The minimum atomic E-state index is -0.154.